The Hall–Kier alpha value is -1.40. The van der Waals surface area contributed by atoms with Crippen LogP contribution in [0.15, 0.2) is 29.2 Å². The molecule has 23 heavy (non-hydrogen) atoms. The molecule has 0 aliphatic carbocycles. The predicted octanol–water partition coefficient (Wildman–Crippen LogP) is 2.74. The number of rotatable bonds is 3. The van der Waals surface area contributed by atoms with E-state index in [-0.39, 0.29) is 16.9 Å². The van der Waals surface area contributed by atoms with Crippen LogP contribution in [-0.2, 0) is 19.6 Å². The van der Waals surface area contributed by atoms with Crippen molar-refractivity contribution >= 4 is 16.0 Å². The molecule has 1 aromatic rings. The maximum absolute atomic E-state index is 12.9. The third-order valence-corrected chi connectivity index (χ3v) is 5.82. The van der Waals surface area contributed by atoms with E-state index in [0.717, 1.165) is 5.56 Å². The van der Waals surface area contributed by atoms with E-state index in [9.17, 15) is 13.2 Å². The Labute approximate surface area is 138 Å². The van der Waals surface area contributed by atoms with Gasteiger partial charge in [0.2, 0.25) is 10.0 Å². The van der Waals surface area contributed by atoms with Crippen LogP contribution >= 0.6 is 0 Å². The molecular formula is C17H25NO4S. The molecule has 1 saturated heterocycles. The Morgan fingerprint density at radius 2 is 1.70 bits per heavy atom. The summed E-state index contributed by atoms with van der Waals surface area (Å²) in [4.78, 5) is 11.7. The van der Waals surface area contributed by atoms with Crippen LogP contribution in [0.4, 0.5) is 0 Å². The number of aryl methyl sites for hydroxylation is 1. The monoisotopic (exact) mass is 339 g/mol. The number of hydrogen-bond acceptors (Lipinski definition) is 4. The molecule has 1 aromatic carbocycles. The summed E-state index contributed by atoms with van der Waals surface area (Å²) in [6.07, 6.45) is 0.625. The van der Waals surface area contributed by atoms with Crippen LogP contribution in [0.1, 0.15) is 39.7 Å². The molecule has 0 bridgehead atoms. The van der Waals surface area contributed by atoms with Crippen LogP contribution in [0.3, 0.4) is 0 Å². The average molecular weight is 339 g/mol. The van der Waals surface area contributed by atoms with Crippen molar-refractivity contribution in [3.8, 4) is 0 Å². The lowest BCUT2D eigenvalue weighted by molar-refractivity contribution is -0.163. The Morgan fingerprint density at radius 1 is 1.13 bits per heavy atom. The Kier molecular flexibility index (Phi) is 4.61. The molecule has 0 spiro atoms. The summed E-state index contributed by atoms with van der Waals surface area (Å²) in [6.45, 7) is 9.63. The van der Waals surface area contributed by atoms with Crippen LogP contribution in [0.2, 0.25) is 0 Å². The fraction of sp³-hybridized carbons (Fsp3) is 0.588. The third-order valence-electron chi connectivity index (χ3n) is 4.02. The number of ether oxygens (including phenoxy) is 1. The highest BCUT2D eigenvalue weighted by molar-refractivity contribution is 7.89. The summed E-state index contributed by atoms with van der Waals surface area (Å²) in [5, 5.41) is 0. The van der Waals surface area contributed by atoms with Gasteiger partial charge < -0.3 is 4.74 Å². The lowest BCUT2D eigenvalue weighted by Gasteiger charge is -2.46. The summed E-state index contributed by atoms with van der Waals surface area (Å²) in [6, 6.07) is 6.81. The molecule has 0 amide bonds. The van der Waals surface area contributed by atoms with E-state index in [1.807, 2.05) is 20.8 Å². The summed E-state index contributed by atoms with van der Waals surface area (Å²) in [5.41, 5.74) is -0.0846. The van der Waals surface area contributed by atoms with Gasteiger partial charge in [0, 0.05) is 13.5 Å². The first-order valence-electron chi connectivity index (χ1n) is 7.70. The van der Waals surface area contributed by atoms with Crippen molar-refractivity contribution in [3.05, 3.63) is 29.8 Å². The number of hydrogen-bond donors (Lipinski definition) is 0. The molecule has 0 radical (unpaired) electrons. The van der Waals surface area contributed by atoms with Gasteiger partial charge in [-0.3, -0.25) is 4.79 Å². The van der Waals surface area contributed by atoms with E-state index in [1.165, 1.54) is 11.2 Å². The van der Waals surface area contributed by atoms with Gasteiger partial charge in [-0.25, -0.2) is 8.42 Å². The number of esters is 1. The van der Waals surface area contributed by atoms with Crippen molar-refractivity contribution < 1.29 is 17.9 Å². The number of carbonyl (C=O) groups excluding carboxylic acids is 1. The summed E-state index contributed by atoms with van der Waals surface area (Å²) >= 11 is 0. The fourth-order valence-electron chi connectivity index (χ4n) is 3.48. The highest BCUT2D eigenvalue weighted by Crippen LogP contribution is 2.39. The predicted molar refractivity (Wildman–Crippen MR) is 88.5 cm³/mol. The zero-order chi connectivity index (χ0) is 17.5. The van der Waals surface area contributed by atoms with Crippen LogP contribution in [-0.4, -0.2) is 37.4 Å². The normalized spacial score (nSPS) is 25.1. The molecule has 1 aliphatic heterocycles. The van der Waals surface area contributed by atoms with Crippen LogP contribution in [0.5, 0.6) is 0 Å². The molecule has 1 aliphatic rings. The number of sulfonamides is 1. The van der Waals surface area contributed by atoms with Crippen molar-refractivity contribution in [2.24, 2.45) is 5.41 Å². The number of benzene rings is 1. The highest BCUT2D eigenvalue weighted by Gasteiger charge is 2.46. The topological polar surface area (TPSA) is 63.7 Å². The van der Waals surface area contributed by atoms with Crippen molar-refractivity contribution in [1.29, 1.82) is 0 Å². The van der Waals surface area contributed by atoms with E-state index >= 15 is 0 Å². The van der Waals surface area contributed by atoms with Gasteiger partial charge in [0.1, 0.15) is 5.60 Å². The first-order chi connectivity index (χ1) is 10.4. The minimum atomic E-state index is -3.61. The van der Waals surface area contributed by atoms with Gasteiger partial charge in [0.25, 0.3) is 0 Å². The lowest BCUT2D eigenvalue weighted by atomic mass is 9.77. The van der Waals surface area contributed by atoms with Gasteiger partial charge in [0.05, 0.1) is 11.4 Å². The Bertz CT molecular complexity index is 694. The Balaban J connectivity index is 2.37. The second-order valence-corrected chi connectivity index (χ2v) is 9.41. The SMILES string of the molecule is CC(=O)O[C@@]1(C)CN(S(=O)(=O)c2ccc(C)cc2)CC(C)(C)C1. The fourth-order valence-corrected chi connectivity index (χ4v) is 5.22. The molecular weight excluding hydrogens is 314 g/mol. The van der Waals surface area contributed by atoms with Gasteiger partial charge in [-0.05, 0) is 37.8 Å². The molecule has 5 nitrogen and oxygen atoms in total. The summed E-state index contributed by atoms with van der Waals surface area (Å²) < 4.78 is 32.8. The number of carbonyl (C=O) groups is 1. The number of piperidine rings is 1. The quantitative estimate of drug-likeness (QED) is 0.794. The first kappa shape index (κ1) is 17.9. The largest absolute Gasteiger partial charge is 0.458 e. The lowest BCUT2D eigenvalue weighted by Crippen LogP contribution is -2.56. The van der Waals surface area contributed by atoms with E-state index < -0.39 is 21.6 Å². The van der Waals surface area contributed by atoms with Crippen LogP contribution < -0.4 is 0 Å². The van der Waals surface area contributed by atoms with Crippen LogP contribution in [0, 0.1) is 12.3 Å². The average Bonchev–Trinajstić information content (AvgIpc) is 2.35. The minimum absolute atomic E-state index is 0.173. The van der Waals surface area contributed by atoms with E-state index in [2.05, 4.69) is 0 Å². The maximum Gasteiger partial charge on any atom is 0.303 e. The van der Waals surface area contributed by atoms with E-state index in [0.29, 0.717) is 13.0 Å². The standard InChI is InChI=1S/C17H25NO4S/c1-13-6-8-15(9-7-13)23(20,21)18-11-16(3,4)10-17(5,12-18)22-14(2)19/h6-9H,10-12H2,1-5H3/t17-/m1/s1. The zero-order valence-electron chi connectivity index (χ0n) is 14.4. The molecule has 0 aromatic heterocycles. The zero-order valence-corrected chi connectivity index (χ0v) is 15.2. The van der Waals surface area contributed by atoms with E-state index in [1.54, 1.807) is 31.2 Å². The maximum atomic E-state index is 12.9. The van der Waals surface area contributed by atoms with Gasteiger partial charge in [-0.1, -0.05) is 31.5 Å². The Morgan fingerprint density at radius 3 is 2.22 bits per heavy atom. The second kappa shape index (κ2) is 5.91. The molecule has 128 valence electrons. The van der Waals surface area contributed by atoms with Gasteiger partial charge >= 0.3 is 5.97 Å². The summed E-state index contributed by atoms with van der Waals surface area (Å²) in [7, 11) is -3.61. The van der Waals surface area contributed by atoms with Gasteiger partial charge in [-0.2, -0.15) is 4.31 Å². The highest BCUT2D eigenvalue weighted by atomic mass is 32.2. The third kappa shape index (κ3) is 4.12. The van der Waals surface area contributed by atoms with Crippen molar-refractivity contribution in [2.75, 3.05) is 13.1 Å². The van der Waals surface area contributed by atoms with Crippen molar-refractivity contribution in [2.45, 2.75) is 51.5 Å². The van der Waals surface area contributed by atoms with Gasteiger partial charge in [-0.15, -0.1) is 0 Å². The first-order valence-corrected chi connectivity index (χ1v) is 9.14. The summed E-state index contributed by atoms with van der Waals surface area (Å²) in [5.74, 6) is -0.391. The second-order valence-electron chi connectivity index (χ2n) is 7.47. The molecule has 1 atom stereocenters. The molecule has 1 heterocycles. The van der Waals surface area contributed by atoms with Gasteiger partial charge in [0.15, 0.2) is 0 Å². The molecule has 0 N–H and O–H groups in total. The van der Waals surface area contributed by atoms with E-state index in [4.69, 9.17) is 4.74 Å². The van der Waals surface area contributed by atoms with Crippen LogP contribution in [0.25, 0.3) is 0 Å². The van der Waals surface area contributed by atoms with Crippen molar-refractivity contribution in [1.82, 2.24) is 4.31 Å². The van der Waals surface area contributed by atoms with Crippen molar-refractivity contribution in [3.63, 3.8) is 0 Å². The molecule has 2 rings (SSSR count). The molecule has 0 unspecified atom stereocenters. The number of nitrogens with zero attached hydrogens (tertiary/aromatic N) is 1. The molecule has 6 heteroatoms. The smallest absolute Gasteiger partial charge is 0.303 e. The molecule has 0 saturated carbocycles. The molecule has 1 fully saturated rings. The minimum Gasteiger partial charge on any atom is -0.458 e.